The number of ether oxygens (including phenoxy) is 1. The van der Waals surface area contributed by atoms with E-state index < -0.39 is 30.9 Å². The van der Waals surface area contributed by atoms with Crippen LogP contribution >= 0.6 is 0 Å². The van der Waals surface area contributed by atoms with Crippen molar-refractivity contribution in [3.05, 3.63) is 100 Å². The lowest BCUT2D eigenvalue weighted by Crippen LogP contribution is -2.15. The Labute approximate surface area is 201 Å². The van der Waals surface area contributed by atoms with Crippen LogP contribution in [-0.2, 0) is 36.2 Å². The van der Waals surface area contributed by atoms with Crippen LogP contribution in [-0.4, -0.2) is 27.7 Å². The molecule has 0 spiro atoms. The van der Waals surface area contributed by atoms with Gasteiger partial charge in [-0.15, -0.1) is 0 Å². The molecule has 0 atom stereocenters. The topological polar surface area (TPSA) is 176 Å². The SMILES string of the molecule is NS(=O)(=O)c1cccc(NS(=O)(=O)c2ccc(C=CC(=O)OCc3ccc([N+](=O)[O-])cc3)cc2)c1. The summed E-state index contributed by atoms with van der Waals surface area (Å²) in [5, 5.41) is 15.7. The molecule has 0 fully saturated rings. The smallest absolute Gasteiger partial charge is 0.331 e. The predicted octanol–water partition coefficient (Wildman–Crippen LogP) is 2.80. The first-order valence-electron chi connectivity index (χ1n) is 9.78. The van der Waals surface area contributed by atoms with Crippen LogP contribution < -0.4 is 9.86 Å². The van der Waals surface area contributed by atoms with Crippen LogP contribution in [0.15, 0.2) is 88.7 Å². The minimum absolute atomic E-state index is 0.0243. The molecule has 182 valence electrons. The molecular formula is C22H19N3O8S2. The summed E-state index contributed by atoms with van der Waals surface area (Å²) in [6, 6.07) is 16.2. The fourth-order valence-corrected chi connectivity index (χ4v) is 4.40. The average molecular weight is 518 g/mol. The molecule has 0 bridgehead atoms. The molecular weight excluding hydrogens is 498 g/mol. The minimum Gasteiger partial charge on any atom is -0.458 e. The van der Waals surface area contributed by atoms with Crippen molar-refractivity contribution in [2.75, 3.05) is 4.72 Å². The first-order chi connectivity index (χ1) is 16.4. The third kappa shape index (κ3) is 7.20. The monoisotopic (exact) mass is 517 g/mol. The molecule has 0 aliphatic rings. The summed E-state index contributed by atoms with van der Waals surface area (Å²) in [6.45, 7) is -0.0727. The van der Waals surface area contributed by atoms with E-state index in [-0.39, 0.29) is 27.8 Å². The molecule has 0 heterocycles. The van der Waals surface area contributed by atoms with Gasteiger partial charge in [-0.1, -0.05) is 18.2 Å². The number of benzene rings is 3. The van der Waals surface area contributed by atoms with E-state index in [9.17, 15) is 31.7 Å². The molecule has 35 heavy (non-hydrogen) atoms. The number of sulfonamides is 2. The Morgan fingerprint density at radius 1 is 0.971 bits per heavy atom. The van der Waals surface area contributed by atoms with Crippen LogP contribution in [0.2, 0.25) is 0 Å². The zero-order chi connectivity index (χ0) is 25.6. The number of non-ortho nitro benzene ring substituents is 1. The molecule has 0 radical (unpaired) electrons. The molecule has 0 amide bonds. The third-order valence-corrected chi connectivity index (χ3v) is 6.85. The molecule has 0 saturated carbocycles. The zero-order valence-electron chi connectivity index (χ0n) is 17.9. The molecule has 0 saturated heterocycles. The molecule has 3 rings (SSSR count). The summed E-state index contributed by atoms with van der Waals surface area (Å²) in [6.07, 6.45) is 2.59. The van der Waals surface area contributed by atoms with Crippen molar-refractivity contribution in [3.63, 3.8) is 0 Å². The lowest BCUT2D eigenvalue weighted by molar-refractivity contribution is -0.384. The first kappa shape index (κ1) is 25.6. The maximum absolute atomic E-state index is 12.6. The van der Waals surface area contributed by atoms with E-state index in [1.807, 2.05) is 0 Å². The van der Waals surface area contributed by atoms with Gasteiger partial charge in [-0.05, 0) is 59.7 Å². The van der Waals surface area contributed by atoms with Crippen molar-refractivity contribution in [2.45, 2.75) is 16.4 Å². The number of esters is 1. The largest absolute Gasteiger partial charge is 0.458 e. The number of carbonyl (C=O) groups is 1. The van der Waals surface area contributed by atoms with Gasteiger partial charge in [-0.25, -0.2) is 26.8 Å². The van der Waals surface area contributed by atoms with Crippen molar-refractivity contribution in [3.8, 4) is 0 Å². The van der Waals surface area contributed by atoms with Crippen LogP contribution in [0.3, 0.4) is 0 Å². The number of nitrogens with one attached hydrogen (secondary N) is 1. The molecule has 3 aromatic carbocycles. The Morgan fingerprint density at radius 2 is 1.63 bits per heavy atom. The number of nitrogens with two attached hydrogens (primary N) is 1. The maximum Gasteiger partial charge on any atom is 0.331 e. The lowest BCUT2D eigenvalue weighted by atomic mass is 10.2. The number of nitrogens with zero attached hydrogens (tertiary/aromatic N) is 1. The van der Waals surface area contributed by atoms with Crippen molar-refractivity contribution < 1.29 is 31.3 Å². The van der Waals surface area contributed by atoms with E-state index in [1.54, 1.807) is 0 Å². The number of anilines is 1. The van der Waals surface area contributed by atoms with Gasteiger partial charge in [0.25, 0.3) is 15.7 Å². The van der Waals surface area contributed by atoms with E-state index in [2.05, 4.69) is 4.72 Å². The van der Waals surface area contributed by atoms with E-state index >= 15 is 0 Å². The van der Waals surface area contributed by atoms with Crippen molar-refractivity contribution in [1.29, 1.82) is 0 Å². The fraction of sp³-hybridized carbons (Fsp3) is 0.0455. The number of primary sulfonamides is 1. The van der Waals surface area contributed by atoms with Gasteiger partial charge >= 0.3 is 5.97 Å². The molecule has 0 aliphatic carbocycles. The van der Waals surface area contributed by atoms with Gasteiger partial charge in [-0.3, -0.25) is 14.8 Å². The zero-order valence-corrected chi connectivity index (χ0v) is 19.5. The Balaban J connectivity index is 1.60. The summed E-state index contributed by atoms with van der Waals surface area (Å²) in [4.78, 5) is 21.7. The highest BCUT2D eigenvalue weighted by Gasteiger charge is 2.16. The van der Waals surface area contributed by atoms with E-state index in [1.165, 1.54) is 72.8 Å². The van der Waals surface area contributed by atoms with Gasteiger partial charge in [0.2, 0.25) is 10.0 Å². The summed E-state index contributed by atoms with van der Waals surface area (Å²) >= 11 is 0. The average Bonchev–Trinajstić information content (AvgIpc) is 2.81. The summed E-state index contributed by atoms with van der Waals surface area (Å²) in [5.41, 5.74) is 1.05. The summed E-state index contributed by atoms with van der Waals surface area (Å²) < 4.78 is 55.5. The van der Waals surface area contributed by atoms with Gasteiger partial charge in [0.1, 0.15) is 6.61 Å². The number of nitro groups is 1. The Kier molecular flexibility index (Phi) is 7.64. The van der Waals surface area contributed by atoms with Crippen molar-refractivity contribution >= 4 is 43.5 Å². The quantitative estimate of drug-likeness (QED) is 0.188. The number of hydrogen-bond donors (Lipinski definition) is 2. The van der Waals surface area contributed by atoms with Crippen LogP contribution in [0.4, 0.5) is 11.4 Å². The van der Waals surface area contributed by atoms with Gasteiger partial charge in [0.05, 0.1) is 20.4 Å². The molecule has 3 aromatic rings. The molecule has 0 aromatic heterocycles. The summed E-state index contributed by atoms with van der Waals surface area (Å²) in [5.74, 6) is -0.656. The van der Waals surface area contributed by atoms with Crippen LogP contribution in [0, 0.1) is 10.1 Å². The first-order valence-corrected chi connectivity index (χ1v) is 12.8. The normalized spacial score (nSPS) is 11.8. The number of hydrogen-bond acceptors (Lipinski definition) is 8. The Bertz CT molecular complexity index is 1480. The molecule has 0 aliphatic heterocycles. The molecule has 13 heteroatoms. The van der Waals surface area contributed by atoms with Gasteiger partial charge in [0.15, 0.2) is 0 Å². The second-order valence-corrected chi connectivity index (χ2v) is 10.4. The van der Waals surface area contributed by atoms with Crippen molar-refractivity contribution in [2.24, 2.45) is 5.14 Å². The highest BCUT2D eigenvalue weighted by molar-refractivity contribution is 7.92. The van der Waals surface area contributed by atoms with Gasteiger partial charge < -0.3 is 4.74 Å². The van der Waals surface area contributed by atoms with Crippen LogP contribution in [0.5, 0.6) is 0 Å². The molecule has 3 N–H and O–H groups in total. The minimum atomic E-state index is -4.01. The van der Waals surface area contributed by atoms with Crippen LogP contribution in [0.25, 0.3) is 6.08 Å². The van der Waals surface area contributed by atoms with E-state index in [0.717, 1.165) is 12.1 Å². The van der Waals surface area contributed by atoms with E-state index in [4.69, 9.17) is 9.88 Å². The fourth-order valence-electron chi connectivity index (χ4n) is 2.79. The lowest BCUT2D eigenvalue weighted by Gasteiger charge is -2.09. The third-order valence-electron chi connectivity index (χ3n) is 4.55. The highest BCUT2D eigenvalue weighted by atomic mass is 32.2. The Morgan fingerprint density at radius 3 is 2.23 bits per heavy atom. The second-order valence-electron chi connectivity index (χ2n) is 7.11. The molecule has 0 unspecified atom stereocenters. The molecule has 11 nitrogen and oxygen atoms in total. The maximum atomic E-state index is 12.6. The van der Waals surface area contributed by atoms with Crippen LogP contribution in [0.1, 0.15) is 11.1 Å². The van der Waals surface area contributed by atoms with Gasteiger partial charge in [-0.2, -0.15) is 0 Å². The predicted molar refractivity (Wildman–Crippen MR) is 127 cm³/mol. The highest BCUT2D eigenvalue weighted by Crippen LogP contribution is 2.20. The number of carbonyl (C=O) groups excluding carboxylic acids is 1. The Hall–Kier alpha value is -4.07. The second kappa shape index (κ2) is 10.5. The van der Waals surface area contributed by atoms with Crippen molar-refractivity contribution in [1.82, 2.24) is 0 Å². The van der Waals surface area contributed by atoms with Gasteiger partial charge in [0, 0.05) is 18.2 Å². The number of rotatable bonds is 9. The van der Waals surface area contributed by atoms with E-state index in [0.29, 0.717) is 11.1 Å². The standard InChI is InChI=1S/C22H19N3O8S2/c23-34(29,30)21-3-1-2-18(14-21)24-35(31,32)20-11-6-16(7-12-20)8-13-22(26)33-15-17-4-9-19(10-5-17)25(27)28/h1-14,24H,15H2,(H2,23,29,30). The summed E-state index contributed by atoms with van der Waals surface area (Å²) in [7, 11) is -8.01. The number of nitro benzene ring substituents is 1.